The molecule has 0 bridgehead atoms. The lowest BCUT2D eigenvalue weighted by Gasteiger charge is -2.10. The van der Waals surface area contributed by atoms with Crippen molar-refractivity contribution < 1.29 is 22.7 Å². The Labute approximate surface area is 74.5 Å². The lowest BCUT2D eigenvalue weighted by atomic mass is 10.4. The second kappa shape index (κ2) is 5.06. The van der Waals surface area contributed by atoms with Gasteiger partial charge < -0.3 is 9.64 Å². The predicted octanol–water partition coefficient (Wildman–Crippen LogP) is 1.04. The van der Waals surface area contributed by atoms with E-state index in [-0.39, 0.29) is 6.42 Å². The third kappa shape index (κ3) is 9.13. The van der Waals surface area contributed by atoms with E-state index >= 15 is 0 Å². The summed E-state index contributed by atoms with van der Waals surface area (Å²) < 4.78 is 38.5. The van der Waals surface area contributed by atoms with E-state index in [0.29, 0.717) is 6.54 Å². The first-order chi connectivity index (χ1) is 5.81. The van der Waals surface area contributed by atoms with Gasteiger partial charge in [0.1, 0.15) is 0 Å². The highest BCUT2D eigenvalue weighted by Crippen LogP contribution is 2.14. The number of carbonyl (C=O) groups excluding carboxylic acids is 1. The normalized spacial score (nSPS) is 11.8. The maximum absolute atomic E-state index is 11.5. The van der Waals surface area contributed by atoms with Crippen molar-refractivity contribution in [1.29, 1.82) is 0 Å². The molecule has 0 amide bonds. The lowest BCUT2D eigenvalue weighted by molar-refractivity contribution is -0.186. The number of hydrogen-bond donors (Lipinski definition) is 0. The van der Waals surface area contributed by atoms with Gasteiger partial charge in [0.15, 0.2) is 6.61 Å². The Kier molecular flexibility index (Phi) is 4.76. The molecule has 0 saturated heterocycles. The highest BCUT2D eigenvalue weighted by Gasteiger charge is 2.29. The zero-order valence-electron chi connectivity index (χ0n) is 7.52. The molecule has 0 aliphatic heterocycles. The molecule has 0 aromatic heterocycles. The molecule has 0 aromatic carbocycles. The average Bonchev–Trinajstić information content (AvgIpc) is 1.95. The minimum Gasteiger partial charge on any atom is -0.456 e. The molecule has 0 aromatic rings. The van der Waals surface area contributed by atoms with Gasteiger partial charge in [0.2, 0.25) is 0 Å². The summed E-state index contributed by atoms with van der Waals surface area (Å²) >= 11 is 0. The van der Waals surface area contributed by atoms with Crippen LogP contribution in [0.4, 0.5) is 13.2 Å². The molecule has 3 nitrogen and oxygen atoms in total. The summed E-state index contributed by atoms with van der Waals surface area (Å²) in [6, 6.07) is 0. The molecule has 0 heterocycles. The van der Waals surface area contributed by atoms with Crippen LogP contribution < -0.4 is 0 Å². The zero-order chi connectivity index (χ0) is 10.5. The molecule has 0 aliphatic carbocycles. The van der Waals surface area contributed by atoms with Gasteiger partial charge in [0.05, 0.1) is 6.42 Å². The van der Waals surface area contributed by atoms with E-state index in [1.54, 1.807) is 19.0 Å². The average molecular weight is 199 g/mol. The van der Waals surface area contributed by atoms with Crippen molar-refractivity contribution in [2.75, 3.05) is 27.2 Å². The second-order valence-corrected chi connectivity index (χ2v) is 2.83. The van der Waals surface area contributed by atoms with E-state index in [9.17, 15) is 18.0 Å². The van der Waals surface area contributed by atoms with Crippen LogP contribution in [0, 0.1) is 0 Å². The van der Waals surface area contributed by atoms with E-state index in [0.717, 1.165) is 0 Å². The summed E-state index contributed by atoms with van der Waals surface area (Å²) in [5.74, 6) is -0.828. The van der Waals surface area contributed by atoms with Crippen LogP contribution in [0.2, 0.25) is 0 Å². The summed E-state index contributed by atoms with van der Waals surface area (Å²) in [4.78, 5) is 12.3. The van der Waals surface area contributed by atoms with Crippen LogP contribution in [0.3, 0.4) is 0 Å². The Morgan fingerprint density at radius 2 is 1.92 bits per heavy atom. The Hall–Kier alpha value is -0.780. The molecule has 0 saturated carbocycles. The molecule has 13 heavy (non-hydrogen) atoms. The molecule has 0 fully saturated rings. The summed E-state index contributed by atoms with van der Waals surface area (Å²) in [6.07, 6.45) is -4.46. The monoisotopic (exact) mass is 199 g/mol. The zero-order valence-corrected chi connectivity index (χ0v) is 7.52. The number of esters is 1. The lowest BCUT2D eigenvalue weighted by Crippen LogP contribution is -2.23. The number of ether oxygens (including phenoxy) is 1. The number of nitrogens with zero attached hydrogens (tertiary/aromatic N) is 1. The Morgan fingerprint density at radius 1 is 1.38 bits per heavy atom. The van der Waals surface area contributed by atoms with E-state index in [4.69, 9.17) is 0 Å². The van der Waals surface area contributed by atoms with Gasteiger partial charge in [-0.15, -0.1) is 0 Å². The van der Waals surface area contributed by atoms with Crippen molar-refractivity contribution in [2.24, 2.45) is 0 Å². The standard InChI is InChI=1S/C7H12F3NO2/c1-11(2)4-3-6(12)13-5-7(8,9)10/h3-5H2,1-2H3. The Bertz CT molecular complexity index is 168. The minimum absolute atomic E-state index is 0.0247. The van der Waals surface area contributed by atoms with E-state index in [2.05, 4.69) is 4.74 Å². The van der Waals surface area contributed by atoms with Crippen LogP contribution in [-0.2, 0) is 9.53 Å². The highest BCUT2D eigenvalue weighted by molar-refractivity contribution is 5.69. The van der Waals surface area contributed by atoms with Gasteiger partial charge >= 0.3 is 12.1 Å². The topological polar surface area (TPSA) is 29.5 Å². The Balaban J connectivity index is 3.53. The fraction of sp³-hybridized carbons (Fsp3) is 0.857. The van der Waals surface area contributed by atoms with Crippen LogP contribution in [0.15, 0.2) is 0 Å². The number of rotatable bonds is 4. The van der Waals surface area contributed by atoms with Crippen molar-refractivity contribution >= 4 is 5.97 Å². The van der Waals surface area contributed by atoms with Crippen molar-refractivity contribution in [1.82, 2.24) is 4.90 Å². The maximum atomic E-state index is 11.5. The molecule has 0 N–H and O–H groups in total. The van der Waals surface area contributed by atoms with Crippen LogP contribution in [0.1, 0.15) is 6.42 Å². The molecule has 0 atom stereocenters. The van der Waals surface area contributed by atoms with Gasteiger partial charge in [-0.2, -0.15) is 13.2 Å². The first kappa shape index (κ1) is 12.2. The van der Waals surface area contributed by atoms with Gasteiger partial charge in [0.25, 0.3) is 0 Å². The first-order valence-corrected chi connectivity index (χ1v) is 3.68. The third-order valence-electron chi connectivity index (χ3n) is 1.16. The van der Waals surface area contributed by atoms with Gasteiger partial charge in [-0.1, -0.05) is 0 Å². The first-order valence-electron chi connectivity index (χ1n) is 3.68. The number of halogens is 3. The fourth-order valence-electron chi connectivity index (χ4n) is 0.549. The van der Waals surface area contributed by atoms with Gasteiger partial charge in [-0.3, -0.25) is 4.79 Å². The summed E-state index contributed by atoms with van der Waals surface area (Å²) in [6.45, 7) is -1.12. The van der Waals surface area contributed by atoms with Crippen molar-refractivity contribution in [3.63, 3.8) is 0 Å². The summed E-state index contributed by atoms with van der Waals surface area (Å²) in [5, 5.41) is 0. The van der Waals surface area contributed by atoms with Crippen LogP contribution in [-0.4, -0.2) is 44.3 Å². The molecule has 0 rings (SSSR count). The Morgan fingerprint density at radius 3 is 2.31 bits per heavy atom. The maximum Gasteiger partial charge on any atom is 0.422 e. The predicted molar refractivity (Wildman–Crippen MR) is 40.2 cm³/mol. The van der Waals surface area contributed by atoms with E-state index in [1.807, 2.05) is 0 Å². The van der Waals surface area contributed by atoms with Crippen molar-refractivity contribution in [3.8, 4) is 0 Å². The molecule has 0 spiro atoms. The molecule has 0 aliphatic rings. The minimum atomic E-state index is -4.44. The quantitative estimate of drug-likeness (QED) is 0.633. The molecule has 6 heteroatoms. The molecule has 78 valence electrons. The van der Waals surface area contributed by atoms with Crippen LogP contribution >= 0.6 is 0 Å². The fourth-order valence-corrected chi connectivity index (χ4v) is 0.549. The number of alkyl halides is 3. The third-order valence-corrected chi connectivity index (χ3v) is 1.16. The largest absolute Gasteiger partial charge is 0.456 e. The van der Waals surface area contributed by atoms with Crippen molar-refractivity contribution in [2.45, 2.75) is 12.6 Å². The number of carbonyl (C=O) groups is 1. The molecule has 0 unspecified atom stereocenters. The SMILES string of the molecule is CN(C)CCC(=O)OCC(F)(F)F. The molecular formula is C7H12F3NO2. The summed E-state index contributed by atoms with van der Waals surface area (Å²) in [7, 11) is 3.44. The molecular weight excluding hydrogens is 187 g/mol. The van der Waals surface area contributed by atoms with Gasteiger partial charge in [-0.25, -0.2) is 0 Å². The van der Waals surface area contributed by atoms with Crippen LogP contribution in [0.25, 0.3) is 0 Å². The summed E-state index contributed by atoms with van der Waals surface area (Å²) in [5.41, 5.74) is 0. The van der Waals surface area contributed by atoms with E-state index in [1.165, 1.54) is 0 Å². The smallest absolute Gasteiger partial charge is 0.422 e. The van der Waals surface area contributed by atoms with Crippen molar-refractivity contribution in [3.05, 3.63) is 0 Å². The van der Waals surface area contributed by atoms with Gasteiger partial charge in [0, 0.05) is 6.54 Å². The highest BCUT2D eigenvalue weighted by atomic mass is 19.4. The molecule has 0 radical (unpaired) electrons. The van der Waals surface area contributed by atoms with E-state index < -0.39 is 18.8 Å². The van der Waals surface area contributed by atoms with Crippen LogP contribution in [0.5, 0.6) is 0 Å². The second-order valence-electron chi connectivity index (χ2n) is 2.83. The van der Waals surface area contributed by atoms with Gasteiger partial charge in [-0.05, 0) is 14.1 Å². The number of hydrogen-bond acceptors (Lipinski definition) is 3.